The number of fused-ring (bicyclic) bond motifs is 2. The molecule has 0 aliphatic rings. The van der Waals surface area contributed by atoms with Crippen LogP contribution in [-0.4, -0.2) is 9.97 Å². The molecule has 0 unspecified atom stereocenters. The topological polar surface area (TPSA) is 49.6 Å². The van der Waals surface area contributed by atoms with Gasteiger partial charge in [0.25, 0.3) is 0 Å². The van der Waals surface area contributed by atoms with Gasteiger partial charge in [-0.2, -0.15) is 5.26 Å². The predicted octanol–water partition coefficient (Wildman–Crippen LogP) is 12.7. The Morgan fingerprint density at radius 2 is 0.750 bits per heavy atom. The van der Waals surface area contributed by atoms with Crippen LogP contribution in [0.4, 0.5) is 0 Å². The Morgan fingerprint density at radius 3 is 1.31 bits per heavy atom. The summed E-state index contributed by atoms with van der Waals surface area (Å²) in [5.74, 6) is 0.706. The lowest BCUT2D eigenvalue weighted by molar-refractivity contribution is 1.23. The van der Waals surface area contributed by atoms with Crippen LogP contribution in [0.3, 0.4) is 0 Å². The summed E-state index contributed by atoms with van der Waals surface area (Å²) in [4.78, 5) is 10.2. The maximum Gasteiger partial charge on any atom is 0.160 e. The SMILES string of the molecule is N#Cc1ccc(-c2ccc(-c3ccc(-c4ccc(-c5nc(-c6ccc(-c7ccccc7)cc6)c6ccccc6n5)cc4)c4ccccc34)cc2)cc1. The summed E-state index contributed by atoms with van der Waals surface area (Å²) >= 11 is 0. The molecule has 0 aliphatic heterocycles. The smallest absolute Gasteiger partial charge is 0.160 e. The molecule has 0 aliphatic carbocycles. The van der Waals surface area contributed by atoms with Gasteiger partial charge in [0.05, 0.1) is 22.8 Å². The molecule has 0 atom stereocenters. The molecule has 52 heavy (non-hydrogen) atoms. The van der Waals surface area contributed by atoms with Crippen molar-refractivity contribution in [2.45, 2.75) is 0 Å². The Balaban J connectivity index is 1.04. The molecule has 9 aromatic rings. The number of benzene rings is 8. The third kappa shape index (κ3) is 5.79. The quantitative estimate of drug-likeness (QED) is 0.178. The van der Waals surface area contributed by atoms with Crippen LogP contribution < -0.4 is 0 Å². The lowest BCUT2D eigenvalue weighted by Gasteiger charge is -2.13. The molecule has 0 radical (unpaired) electrons. The van der Waals surface area contributed by atoms with Gasteiger partial charge >= 0.3 is 0 Å². The van der Waals surface area contributed by atoms with E-state index in [2.05, 4.69) is 152 Å². The molecule has 1 aromatic heterocycles. The second-order valence-corrected chi connectivity index (χ2v) is 12.9. The first-order chi connectivity index (χ1) is 25.7. The molecular formula is C49H31N3. The van der Waals surface area contributed by atoms with Crippen LogP contribution in [0.15, 0.2) is 188 Å². The van der Waals surface area contributed by atoms with Crippen molar-refractivity contribution in [2.75, 3.05) is 0 Å². The Hall–Kier alpha value is -7.15. The maximum atomic E-state index is 9.15. The summed E-state index contributed by atoms with van der Waals surface area (Å²) in [5.41, 5.74) is 13.8. The van der Waals surface area contributed by atoms with Crippen LogP contribution in [0.2, 0.25) is 0 Å². The van der Waals surface area contributed by atoms with Crippen molar-refractivity contribution < 1.29 is 0 Å². The van der Waals surface area contributed by atoms with Crippen LogP contribution >= 0.6 is 0 Å². The summed E-state index contributed by atoms with van der Waals surface area (Å²) in [7, 11) is 0. The molecule has 1 heterocycles. The highest BCUT2D eigenvalue weighted by atomic mass is 14.9. The lowest BCUT2D eigenvalue weighted by Crippen LogP contribution is -1.95. The Morgan fingerprint density at radius 1 is 0.327 bits per heavy atom. The zero-order valence-corrected chi connectivity index (χ0v) is 28.2. The molecule has 0 amide bonds. The van der Waals surface area contributed by atoms with E-state index in [0.717, 1.165) is 50.0 Å². The number of para-hydroxylation sites is 1. The number of nitriles is 1. The van der Waals surface area contributed by atoms with Crippen LogP contribution in [0.1, 0.15) is 5.56 Å². The number of hydrogen-bond acceptors (Lipinski definition) is 3. The molecule has 0 spiro atoms. The van der Waals surface area contributed by atoms with Gasteiger partial charge in [-0.25, -0.2) is 9.97 Å². The average Bonchev–Trinajstić information content (AvgIpc) is 3.23. The van der Waals surface area contributed by atoms with Crippen molar-refractivity contribution in [3.8, 4) is 73.2 Å². The van der Waals surface area contributed by atoms with E-state index in [1.54, 1.807) is 0 Å². The number of aromatic nitrogens is 2. The van der Waals surface area contributed by atoms with Crippen molar-refractivity contribution in [1.29, 1.82) is 5.26 Å². The number of hydrogen-bond donors (Lipinski definition) is 0. The molecule has 0 N–H and O–H groups in total. The Kier molecular flexibility index (Phi) is 7.89. The van der Waals surface area contributed by atoms with E-state index >= 15 is 0 Å². The predicted molar refractivity (Wildman–Crippen MR) is 214 cm³/mol. The van der Waals surface area contributed by atoms with Gasteiger partial charge in [0, 0.05) is 16.5 Å². The lowest BCUT2D eigenvalue weighted by atomic mass is 9.91. The van der Waals surface area contributed by atoms with Crippen molar-refractivity contribution in [3.05, 3.63) is 194 Å². The first kappa shape index (κ1) is 30.9. The van der Waals surface area contributed by atoms with E-state index in [0.29, 0.717) is 11.4 Å². The van der Waals surface area contributed by atoms with Gasteiger partial charge in [0.2, 0.25) is 0 Å². The van der Waals surface area contributed by atoms with Crippen LogP contribution in [0.5, 0.6) is 0 Å². The van der Waals surface area contributed by atoms with Crippen molar-refractivity contribution >= 4 is 21.7 Å². The Labute approximate surface area is 302 Å². The van der Waals surface area contributed by atoms with Crippen molar-refractivity contribution in [1.82, 2.24) is 9.97 Å². The van der Waals surface area contributed by atoms with Gasteiger partial charge < -0.3 is 0 Å². The van der Waals surface area contributed by atoms with E-state index in [1.807, 2.05) is 42.5 Å². The molecule has 3 heteroatoms. The third-order valence-electron chi connectivity index (χ3n) is 9.79. The number of rotatable bonds is 6. The summed E-state index contributed by atoms with van der Waals surface area (Å²) < 4.78 is 0. The summed E-state index contributed by atoms with van der Waals surface area (Å²) in [6.07, 6.45) is 0. The first-order valence-corrected chi connectivity index (χ1v) is 17.4. The van der Waals surface area contributed by atoms with Gasteiger partial charge in [0.1, 0.15) is 0 Å². The minimum Gasteiger partial charge on any atom is -0.228 e. The average molecular weight is 662 g/mol. The second-order valence-electron chi connectivity index (χ2n) is 12.9. The van der Waals surface area contributed by atoms with Gasteiger partial charge in [-0.05, 0) is 73.5 Å². The summed E-state index contributed by atoms with van der Waals surface area (Å²) in [6.45, 7) is 0. The Bertz CT molecular complexity index is 2740. The third-order valence-corrected chi connectivity index (χ3v) is 9.79. The largest absolute Gasteiger partial charge is 0.228 e. The second kappa shape index (κ2) is 13.3. The molecule has 8 aromatic carbocycles. The molecule has 0 fully saturated rings. The highest BCUT2D eigenvalue weighted by Crippen LogP contribution is 2.37. The molecule has 9 rings (SSSR count). The van der Waals surface area contributed by atoms with Gasteiger partial charge in [-0.1, -0.05) is 170 Å². The van der Waals surface area contributed by atoms with E-state index in [1.165, 1.54) is 33.0 Å². The van der Waals surface area contributed by atoms with Gasteiger partial charge in [-0.15, -0.1) is 0 Å². The van der Waals surface area contributed by atoms with E-state index in [4.69, 9.17) is 15.2 Å². The number of nitrogens with zero attached hydrogens (tertiary/aromatic N) is 3. The fourth-order valence-electron chi connectivity index (χ4n) is 7.06. The first-order valence-electron chi connectivity index (χ1n) is 17.4. The highest BCUT2D eigenvalue weighted by molar-refractivity contribution is 6.05. The minimum atomic E-state index is 0.666. The van der Waals surface area contributed by atoms with Crippen molar-refractivity contribution in [2.24, 2.45) is 0 Å². The van der Waals surface area contributed by atoms with Gasteiger partial charge in [0.15, 0.2) is 5.82 Å². The fourth-order valence-corrected chi connectivity index (χ4v) is 7.06. The van der Waals surface area contributed by atoms with Crippen LogP contribution in [0, 0.1) is 11.3 Å². The minimum absolute atomic E-state index is 0.666. The molecule has 0 saturated heterocycles. The monoisotopic (exact) mass is 661 g/mol. The van der Waals surface area contributed by atoms with E-state index in [9.17, 15) is 0 Å². The molecule has 242 valence electrons. The molecule has 0 bridgehead atoms. The van der Waals surface area contributed by atoms with Crippen LogP contribution in [-0.2, 0) is 0 Å². The van der Waals surface area contributed by atoms with Crippen LogP contribution in [0.25, 0.3) is 88.8 Å². The highest BCUT2D eigenvalue weighted by Gasteiger charge is 2.14. The zero-order chi connectivity index (χ0) is 34.9. The van der Waals surface area contributed by atoms with E-state index < -0.39 is 0 Å². The molecule has 3 nitrogen and oxygen atoms in total. The van der Waals surface area contributed by atoms with E-state index in [-0.39, 0.29) is 0 Å². The zero-order valence-electron chi connectivity index (χ0n) is 28.2. The molecular weight excluding hydrogens is 631 g/mol. The van der Waals surface area contributed by atoms with Gasteiger partial charge in [-0.3, -0.25) is 0 Å². The fraction of sp³-hybridized carbons (Fsp3) is 0. The standard InChI is InChI=1S/C49H31N3/c50-32-33-14-16-35(17-15-33)37-18-22-38(23-19-37)42-30-31-43(45-11-5-4-10-44(42)45)39-24-28-41(29-25-39)49-51-47-13-7-6-12-46(47)48(52-49)40-26-20-36(21-27-40)34-8-2-1-3-9-34/h1-31H. The molecule has 0 saturated carbocycles. The summed E-state index contributed by atoms with van der Waals surface area (Å²) in [6, 6.07) is 67.6. The normalized spacial score (nSPS) is 11.1. The maximum absolute atomic E-state index is 9.15. The summed E-state index contributed by atoms with van der Waals surface area (Å²) in [5, 5.41) is 12.6. The van der Waals surface area contributed by atoms with Crippen molar-refractivity contribution in [3.63, 3.8) is 0 Å².